The normalized spacial score (nSPS) is 17.8. The Kier molecular flexibility index (Phi) is 7.29. The summed E-state index contributed by atoms with van der Waals surface area (Å²) in [5.41, 5.74) is 1.98. The summed E-state index contributed by atoms with van der Waals surface area (Å²) >= 11 is 6.20. The highest BCUT2D eigenvalue weighted by Gasteiger charge is 2.46. The van der Waals surface area contributed by atoms with Crippen LogP contribution in [0.4, 0.5) is 0 Å². The maximum atomic E-state index is 13.2. The number of esters is 1. The van der Waals surface area contributed by atoms with Gasteiger partial charge in [-0.1, -0.05) is 23.7 Å². The number of carbonyl (C=O) groups is 3. The van der Waals surface area contributed by atoms with E-state index in [2.05, 4.69) is 4.98 Å². The molecule has 33 heavy (non-hydrogen) atoms. The second-order valence-corrected chi connectivity index (χ2v) is 8.63. The van der Waals surface area contributed by atoms with Crippen LogP contribution in [-0.2, 0) is 14.3 Å². The SMILES string of the molecule is CCOC(=O)c1[nH]c(C)c(/C(O)=C2\C(=O)C(=O)N(CCN(C)C)[C@@H]2c2cccc(Cl)c2)c1C. The molecule has 3 rings (SSSR count). The summed E-state index contributed by atoms with van der Waals surface area (Å²) in [5, 5.41) is 11.8. The lowest BCUT2D eigenvalue weighted by atomic mass is 9.94. The second kappa shape index (κ2) is 9.80. The molecule has 0 saturated carbocycles. The van der Waals surface area contributed by atoms with Crippen molar-refractivity contribution >= 4 is 35.0 Å². The first-order valence-electron chi connectivity index (χ1n) is 10.6. The molecule has 1 saturated heterocycles. The van der Waals surface area contributed by atoms with Gasteiger partial charge in [-0.05, 0) is 58.1 Å². The molecule has 1 amide bonds. The fourth-order valence-electron chi connectivity index (χ4n) is 4.09. The number of aryl methyl sites for hydroxylation is 1. The van der Waals surface area contributed by atoms with Crippen molar-refractivity contribution in [2.45, 2.75) is 26.8 Å². The van der Waals surface area contributed by atoms with Crippen molar-refractivity contribution in [1.82, 2.24) is 14.8 Å². The molecule has 0 radical (unpaired) electrons. The third kappa shape index (κ3) is 4.67. The molecule has 2 aromatic rings. The smallest absolute Gasteiger partial charge is 0.355 e. The molecule has 0 spiro atoms. The number of aliphatic hydroxyl groups excluding tert-OH is 1. The number of rotatable bonds is 7. The van der Waals surface area contributed by atoms with Gasteiger partial charge in [0.1, 0.15) is 11.5 Å². The monoisotopic (exact) mass is 473 g/mol. The largest absolute Gasteiger partial charge is 0.507 e. The van der Waals surface area contributed by atoms with Crippen molar-refractivity contribution in [3.05, 3.63) is 62.9 Å². The number of ketones is 1. The van der Waals surface area contributed by atoms with E-state index < -0.39 is 23.7 Å². The Labute approximate surface area is 197 Å². The fraction of sp³-hybridized carbons (Fsp3) is 0.375. The summed E-state index contributed by atoms with van der Waals surface area (Å²) in [6.45, 7) is 6.04. The van der Waals surface area contributed by atoms with Crippen LogP contribution >= 0.6 is 11.6 Å². The zero-order valence-corrected chi connectivity index (χ0v) is 20.1. The predicted octanol–water partition coefficient (Wildman–Crippen LogP) is 3.44. The van der Waals surface area contributed by atoms with Gasteiger partial charge in [0.15, 0.2) is 0 Å². The average molecular weight is 474 g/mol. The first kappa shape index (κ1) is 24.5. The van der Waals surface area contributed by atoms with E-state index in [-0.39, 0.29) is 30.2 Å². The summed E-state index contributed by atoms with van der Waals surface area (Å²) in [6, 6.07) is 6.05. The number of aromatic nitrogens is 1. The van der Waals surface area contributed by atoms with E-state index in [4.69, 9.17) is 16.3 Å². The summed E-state index contributed by atoms with van der Waals surface area (Å²) in [7, 11) is 3.74. The Morgan fingerprint density at radius 3 is 2.58 bits per heavy atom. The van der Waals surface area contributed by atoms with Crippen LogP contribution < -0.4 is 0 Å². The van der Waals surface area contributed by atoms with Gasteiger partial charge >= 0.3 is 5.97 Å². The molecule has 0 bridgehead atoms. The molecule has 9 heteroatoms. The van der Waals surface area contributed by atoms with Gasteiger partial charge in [-0.2, -0.15) is 0 Å². The zero-order chi connectivity index (χ0) is 24.4. The Bertz CT molecular complexity index is 1140. The molecule has 176 valence electrons. The minimum absolute atomic E-state index is 0.0402. The van der Waals surface area contributed by atoms with Crippen LogP contribution in [0.25, 0.3) is 5.76 Å². The number of nitrogens with zero attached hydrogens (tertiary/aromatic N) is 2. The van der Waals surface area contributed by atoms with Crippen LogP contribution in [0.1, 0.15) is 45.8 Å². The topological polar surface area (TPSA) is 103 Å². The molecule has 0 aliphatic carbocycles. The lowest BCUT2D eigenvalue weighted by Crippen LogP contribution is -2.35. The number of Topliss-reactive ketones (excluding diaryl/α,β-unsaturated/α-hetero) is 1. The molecule has 8 nitrogen and oxygen atoms in total. The molecule has 0 unspecified atom stereocenters. The number of benzene rings is 1. The molecule has 1 aromatic carbocycles. The van der Waals surface area contributed by atoms with Gasteiger partial charge in [-0.3, -0.25) is 9.59 Å². The highest BCUT2D eigenvalue weighted by Crippen LogP contribution is 2.41. The standard InChI is InChI=1S/C24H28ClN3O5/c1-6-33-24(32)19-13(2)17(14(3)26-19)21(29)18-20(15-8-7-9-16(25)12-15)28(11-10-27(4)5)23(31)22(18)30/h7-9,12,20,26,29H,6,10-11H2,1-5H3/b21-18+/t20-/m1/s1. The predicted molar refractivity (Wildman–Crippen MR) is 125 cm³/mol. The number of hydrogen-bond acceptors (Lipinski definition) is 6. The molecule has 1 fully saturated rings. The number of H-pyrrole nitrogens is 1. The fourth-order valence-corrected chi connectivity index (χ4v) is 4.29. The van der Waals surface area contributed by atoms with Crippen LogP contribution in [0.3, 0.4) is 0 Å². The maximum Gasteiger partial charge on any atom is 0.355 e. The molecule has 1 aliphatic heterocycles. The van der Waals surface area contributed by atoms with Crippen LogP contribution in [0.2, 0.25) is 5.02 Å². The lowest BCUT2D eigenvalue weighted by molar-refractivity contribution is -0.140. The van der Waals surface area contributed by atoms with Gasteiger partial charge in [0.05, 0.1) is 18.2 Å². The molecule has 2 heterocycles. The number of aliphatic hydroxyl groups is 1. The number of halogens is 1. The van der Waals surface area contributed by atoms with Gasteiger partial charge in [0.25, 0.3) is 11.7 Å². The maximum absolute atomic E-state index is 13.2. The van der Waals surface area contributed by atoms with Crippen LogP contribution in [0.5, 0.6) is 0 Å². The van der Waals surface area contributed by atoms with E-state index in [1.54, 1.807) is 45.0 Å². The summed E-state index contributed by atoms with van der Waals surface area (Å²) in [5.74, 6) is -2.38. The second-order valence-electron chi connectivity index (χ2n) is 8.20. The van der Waals surface area contributed by atoms with E-state index in [9.17, 15) is 19.5 Å². The van der Waals surface area contributed by atoms with E-state index in [0.717, 1.165) is 0 Å². The molecule has 1 atom stereocenters. The summed E-state index contributed by atoms with van der Waals surface area (Å²) in [6.07, 6.45) is 0. The Hall–Kier alpha value is -3.10. The van der Waals surface area contributed by atoms with Gasteiger partial charge in [-0.15, -0.1) is 0 Å². The van der Waals surface area contributed by atoms with Crippen LogP contribution in [0.15, 0.2) is 29.8 Å². The van der Waals surface area contributed by atoms with Gasteiger partial charge in [0.2, 0.25) is 0 Å². The molecule has 1 aromatic heterocycles. The lowest BCUT2D eigenvalue weighted by Gasteiger charge is -2.26. The third-order valence-corrected chi connectivity index (χ3v) is 5.88. The van der Waals surface area contributed by atoms with Crippen molar-refractivity contribution < 1.29 is 24.2 Å². The van der Waals surface area contributed by atoms with Gasteiger partial charge in [0, 0.05) is 29.4 Å². The molecular weight excluding hydrogens is 446 g/mol. The highest BCUT2D eigenvalue weighted by molar-refractivity contribution is 6.46. The average Bonchev–Trinajstić information content (AvgIpc) is 3.19. The van der Waals surface area contributed by atoms with E-state index >= 15 is 0 Å². The number of nitrogens with one attached hydrogen (secondary N) is 1. The van der Waals surface area contributed by atoms with E-state index in [1.165, 1.54) is 4.90 Å². The molecule has 1 aliphatic rings. The van der Waals surface area contributed by atoms with Crippen molar-refractivity contribution in [2.75, 3.05) is 33.8 Å². The number of likely N-dealkylation sites (tertiary alicyclic amines) is 1. The number of hydrogen-bond donors (Lipinski definition) is 2. The molecular formula is C24H28ClN3O5. The number of likely N-dealkylation sites (N-methyl/N-ethyl adjacent to an activating group) is 1. The summed E-state index contributed by atoms with van der Waals surface area (Å²) in [4.78, 5) is 44.8. The zero-order valence-electron chi connectivity index (χ0n) is 19.4. The van der Waals surface area contributed by atoms with Crippen LogP contribution in [0, 0.1) is 13.8 Å². The Morgan fingerprint density at radius 2 is 1.97 bits per heavy atom. The van der Waals surface area contributed by atoms with Crippen molar-refractivity contribution in [2.24, 2.45) is 0 Å². The number of amides is 1. The summed E-state index contributed by atoms with van der Waals surface area (Å²) < 4.78 is 5.08. The third-order valence-electron chi connectivity index (χ3n) is 5.65. The first-order chi connectivity index (χ1) is 15.6. The minimum Gasteiger partial charge on any atom is -0.507 e. The quantitative estimate of drug-likeness (QED) is 0.276. The minimum atomic E-state index is -0.816. The number of ether oxygens (including phenoxy) is 1. The van der Waals surface area contributed by atoms with Crippen LogP contribution in [-0.4, -0.2) is 71.3 Å². The van der Waals surface area contributed by atoms with Crippen molar-refractivity contribution in [3.8, 4) is 0 Å². The van der Waals surface area contributed by atoms with Gasteiger partial charge in [-0.25, -0.2) is 4.79 Å². The molecule has 2 N–H and O–H groups in total. The Morgan fingerprint density at radius 1 is 1.27 bits per heavy atom. The highest BCUT2D eigenvalue weighted by atomic mass is 35.5. The number of carbonyl (C=O) groups excluding carboxylic acids is 3. The first-order valence-corrected chi connectivity index (χ1v) is 11.0. The van der Waals surface area contributed by atoms with Crippen molar-refractivity contribution in [3.63, 3.8) is 0 Å². The van der Waals surface area contributed by atoms with Crippen molar-refractivity contribution in [1.29, 1.82) is 0 Å². The van der Waals surface area contributed by atoms with E-state index in [1.807, 2.05) is 19.0 Å². The van der Waals surface area contributed by atoms with E-state index in [0.29, 0.717) is 34.0 Å². The number of aromatic amines is 1. The Balaban J connectivity index is 2.20. The van der Waals surface area contributed by atoms with Gasteiger partial charge < -0.3 is 24.6 Å².